The first kappa shape index (κ1) is 12.7. The Labute approximate surface area is 104 Å². The van der Waals surface area contributed by atoms with Gasteiger partial charge in [0.2, 0.25) is 0 Å². The molecule has 0 amide bonds. The number of carbonyl (C=O) groups excluding carboxylic acids is 1. The molecule has 1 saturated heterocycles. The zero-order valence-electron chi connectivity index (χ0n) is 9.94. The van der Waals surface area contributed by atoms with E-state index in [1.54, 1.807) is 6.07 Å². The zero-order valence-corrected chi connectivity index (χ0v) is 9.94. The van der Waals surface area contributed by atoms with Gasteiger partial charge in [0.15, 0.2) is 6.29 Å². The molecule has 1 aliphatic rings. The van der Waals surface area contributed by atoms with E-state index in [1.807, 2.05) is 0 Å². The van der Waals surface area contributed by atoms with Crippen LogP contribution in [-0.2, 0) is 14.2 Å². The zero-order chi connectivity index (χ0) is 13.1. The maximum atomic E-state index is 14.1. The molecule has 96 valence electrons. The molecule has 1 aliphatic heterocycles. The van der Waals surface area contributed by atoms with Crippen molar-refractivity contribution < 1.29 is 23.4 Å². The minimum absolute atomic E-state index is 0.165. The van der Waals surface area contributed by atoms with Gasteiger partial charge in [-0.25, -0.2) is 9.18 Å². The van der Waals surface area contributed by atoms with Crippen LogP contribution in [0.4, 0.5) is 4.39 Å². The van der Waals surface area contributed by atoms with Crippen molar-refractivity contribution in [3.63, 3.8) is 0 Å². The molecule has 0 bridgehead atoms. The SMILES string of the molecule is C=Cc1ccc(C2OCCO2)c(C(=O)OC)c1F. The van der Waals surface area contributed by atoms with Gasteiger partial charge in [-0.2, -0.15) is 0 Å². The molecular formula is C13H13FO4. The highest BCUT2D eigenvalue weighted by molar-refractivity contribution is 5.92. The number of rotatable bonds is 3. The first-order valence-corrected chi connectivity index (χ1v) is 5.45. The Kier molecular flexibility index (Phi) is 3.74. The maximum absolute atomic E-state index is 14.1. The average molecular weight is 252 g/mol. The van der Waals surface area contributed by atoms with Crippen LogP contribution in [0.25, 0.3) is 6.08 Å². The molecule has 0 radical (unpaired) electrons. The number of ether oxygens (including phenoxy) is 3. The second-order valence-electron chi connectivity index (χ2n) is 3.70. The predicted molar refractivity (Wildman–Crippen MR) is 62.5 cm³/mol. The highest BCUT2D eigenvalue weighted by Gasteiger charge is 2.28. The monoisotopic (exact) mass is 252 g/mol. The molecule has 0 spiro atoms. The van der Waals surface area contributed by atoms with E-state index in [0.29, 0.717) is 18.8 Å². The largest absolute Gasteiger partial charge is 0.465 e. The Bertz CT molecular complexity index is 478. The first-order chi connectivity index (χ1) is 8.69. The van der Waals surface area contributed by atoms with Crippen LogP contribution in [0.15, 0.2) is 18.7 Å². The number of carbonyl (C=O) groups is 1. The Morgan fingerprint density at radius 2 is 2.17 bits per heavy atom. The van der Waals surface area contributed by atoms with Crippen molar-refractivity contribution in [1.29, 1.82) is 0 Å². The van der Waals surface area contributed by atoms with Crippen LogP contribution < -0.4 is 0 Å². The van der Waals surface area contributed by atoms with E-state index in [0.717, 1.165) is 0 Å². The molecule has 5 heteroatoms. The van der Waals surface area contributed by atoms with Gasteiger partial charge in [0.25, 0.3) is 0 Å². The lowest BCUT2D eigenvalue weighted by Crippen LogP contribution is -2.13. The number of hydrogen-bond acceptors (Lipinski definition) is 4. The van der Waals surface area contributed by atoms with Crippen LogP contribution in [0.2, 0.25) is 0 Å². The van der Waals surface area contributed by atoms with Gasteiger partial charge in [-0.05, 0) is 0 Å². The summed E-state index contributed by atoms with van der Waals surface area (Å²) >= 11 is 0. The number of hydrogen-bond donors (Lipinski definition) is 0. The molecule has 0 saturated carbocycles. The van der Waals surface area contributed by atoms with E-state index in [9.17, 15) is 9.18 Å². The van der Waals surface area contributed by atoms with E-state index >= 15 is 0 Å². The van der Waals surface area contributed by atoms with Crippen molar-refractivity contribution in [3.8, 4) is 0 Å². The third-order valence-electron chi connectivity index (χ3n) is 2.69. The van der Waals surface area contributed by atoms with Gasteiger partial charge in [-0.15, -0.1) is 0 Å². The van der Waals surface area contributed by atoms with Gasteiger partial charge >= 0.3 is 5.97 Å². The fourth-order valence-electron chi connectivity index (χ4n) is 1.81. The number of halogens is 1. The van der Waals surface area contributed by atoms with Gasteiger partial charge < -0.3 is 14.2 Å². The van der Waals surface area contributed by atoms with Gasteiger partial charge in [0, 0.05) is 11.1 Å². The summed E-state index contributed by atoms with van der Waals surface area (Å²) in [5, 5.41) is 0. The highest BCUT2D eigenvalue weighted by atomic mass is 19.1. The molecule has 0 N–H and O–H groups in total. The third-order valence-corrected chi connectivity index (χ3v) is 2.69. The van der Waals surface area contributed by atoms with E-state index < -0.39 is 18.1 Å². The van der Waals surface area contributed by atoms with E-state index in [2.05, 4.69) is 11.3 Å². The lowest BCUT2D eigenvalue weighted by atomic mass is 10.0. The number of methoxy groups -OCH3 is 1. The van der Waals surface area contributed by atoms with Crippen molar-refractivity contribution in [2.45, 2.75) is 6.29 Å². The maximum Gasteiger partial charge on any atom is 0.341 e. The van der Waals surface area contributed by atoms with Crippen LogP contribution in [0.1, 0.15) is 27.8 Å². The molecule has 18 heavy (non-hydrogen) atoms. The van der Waals surface area contributed by atoms with Crippen LogP contribution in [0, 0.1) is 5.82 Å². The Morgan fingerprint density at radius 3 is 2.72 bits per heavy atom. The normalized spacial score (nSPS) is 15.7. The quantitative estimate of drug-likeness (QED) is 0.774. The Hall–Kier alpha value is -1.72. The molecule has 4 nitrogen and oxygen atoms in total. The minimum atomic E-state index is -0.759. The molecule has 0 aromatic heterocycles. The summed E-state index contributed by atoms with van der Waals surface area (Å²) < 4.78 is 29.3. The molecule has 0 aliphatic carbocycles. The standard InChI is InChI=1S/C13H13FO4/c1-3-8-4-5-9(13-17-6-7-18-13)10(11(8)14)12(15)16-2/h3-5,13H,1,6-7H2,2H3. The molecule has 1 fully saturated rings. The lowest BCUT2D eigenvalue weighted by molar-refractivity contribution is -0.0451. The average Bonchev–Trinajstić information content (AvgIpc) is 2.91. The van der Waals surface area contributed by atoms with Gasteiger partial charge in [-0.3, -0.25) is 0 Å². The second kappa shape index (κ2) is 5.29. The summed E-state index contributed by atoms with van der Waals surface area (Å²) in [6.45, 7) is 4.32. The summed E-state index contributed by atoms with van der Waals surface area (Å²) in [7, 11) is 1.20. The van der Waals surface area contributed by atoms with Crippen LogP contribution in [-0.4, -0.2) is 26.3 Å². The van der Waals surface area contributed by atoms with Gasteiger partial charge in [0.1, 0.15) is 11.4 Å². The van der Waals surface area contributed by atoms with Crippen molar-refractivity contribution in [2.75, 3.05) is 20.3 Å². The Morgan fingerprint density at radius 1 is 1.50 bits per heavy atom. The summed E-state index contributed by atoms with van der Waals surface area (Å²) in [5.74, 6) is -1.43. The first-order valence-electron chi connectivity index (χ1n) is 5.45. The number of benzene rings is 1. The number of esters is 1. The van der Waals surface area contributed by atoms with Gasteiger partial charge in [-0.1, -0.05) is 24.8 Å². The second-order valence-corrected chi connectivity index (χ2v) is 3.70. The van der Waals surface area contributed by atoms with Crippen molar-refractivity contribution in [3.05, 3.63) is 41.2 Å². The van der Waals surface area contributed by atoms with E-state index in [4.69, 9.17) is 9.47 Å². The predicted octanol–water partition coefficient (Wildman–Crippen LogP) is 2.30. The fourth-order valence-corrected chi connectivity index (χ4v) is 1.81. The van der Waals surface area contributed by atoms with Crippen molar-refractivity contribution in [1.82, 2.24) is 0 Å². The van der Waals surface area contributed by atoms with Crippen LogP contribution in [0.3, 0.4) is 0 Å². The minimum Gasteiger partial charge on any atom is -0.465 e. The van der Waals surface area contributed by atoms with Gasteiger partial charge in [0.05, 0.1) is 20.3 Å². The summed E-state index contributed by atoms with van der Waals surface area (Å²) in [4.78, 5) is 11.7. The fraction of sp³-hybridized carbons (Fsp3) is 0.308. The Balaban J connectivity index is 2.54. The molecule has 0 unspecified atom stereocenters. The molecule has 1 aromatic carbocycles. The topological polar surface area (TPSA) is 44.8 Å². The van der Waals surface area contributed by atoms with E-state index in [-0.39, 0.29) is 11.1 Å². The summed E-state index contributed by atoms with van der Waals surface area (Å²) in [6, 6.07) is 3.11. The van der Waals surface area contributed by atoms with Crippen LogP contribution in [0.5, 0.6) is 0 Å². The van der Waals surface area contributed by atoms with Crippen LogP contribution >= 0.6 is 0 Å². The summed E-state index contributed by atoms with van der Waals surface area (Å²) in [6.07, 6.45) is 0.606. The molecule has 1 heterocycles. The lowest BCUT2D eigenvalue weighted by Gasteiger charge is -2.15. The molecular weight excluding hydrogens is 239 g/mol. The van der Waals surface area contributed by atoms with Crippen molar-refractivity contribution in [2.24, 2.45) is 0 Å². The smallest absolute Gasteiger partial charge is 0.341 e. The molecule has 1 aromatic rings. The molecule has 2 rings (SSSR count). The highest BCUT2D eigenvalue weighted by Crippen LogP contribution is 2.30. The summed E-state index contributed by atoms with van der Waals surface area (Å²) in [5.41, 5.74) is 0.404. The molecule has 0 atom stereocenters. The van der Waals surface area contributed by atoms with Crippen molar-refractivity contribution >= 4 is 12.0 Å². The third kappa shape index (κ3) is 2.14. The van der Waals surface area contributed by atoms with E-state index in [1.165, 1.54) is 19.3 Å².